The molecule has 2 aromatic rings. The molecule has 1 atom stereocenters. The van der Waals surface area contributed by atoms with E-state index in [1.165, 1.54) is 0 Å². The zero-order valence-electron chi connectivity index (χ0n) is 11.5. The summed E-state index contributed by atoms with van der Waals surface area (Å²) in [5.41, 5.74) is 3.18. The number of allylic oxidation sites excluding steroid dienone is 1. The summed E-state index contributed by atoms with van der Waals surface area (Å²) in [6.07, 6.45) is 5.07. The highest BCUT2D eigenvalue weighted by molar-refractivity contribution is 5.54. The molecule has 0 aliphatic carbocycles. The van der Waals surface area contributed by atoms with Crippen LogP contribution in [-0.4, -0.2) is 11.7 Å². The summed E-state index contributed by atoms with van der Waals surface area (Å²) in [4.78, 5) is 0. The summed E-state index contributed by atoms with van der Waals surface area (Å²) in [6.45, 7) is 2.79. The molecule has 0 saturated carbocycles. The van der Waals surface area contributed by atoms with Crippen molar-refractivity contribution in [1.82, 2.24) is 0 Å². The van der Waals surface area contributed by atoms with Crippen molar-refractivity contribution in [2.24, 2.45) is 0 Å². The summed E-state index contributed by atoms with van der Waals surface area (Å²) in [5, 5.41) is 10.2. The van der Waals surface area contributed by atoms with Crippen LogP contribution in [0.25, 0.3) is 6.08 Å². The molecule has 3 rings (SSSR count). The number of fused-ring (bicyclic) bond motifs is 1. The van der Waals surface area contributed by atoms with E-state index in [1.54, 1.807) is 0 Å². The number of rotatable bonds is 3. The Labute approximate surface area is 119 Å². The van der Waals surface area contributed by atoms with Gasteiger partial charge in [-0.1, -0.05) is 49.4 Å². The van der Waals surface area contributed by atoms with Crippen LogP contribution in [0.15, 0.2) is 48.5 Å². The predicted molar refractivity (Wildman–Crippen MR) is 81.2 cm³/mol. The van der Waals surface area contributed by atoms with Gasteiger partial charge >= 0.3 is 0 Å². The second-order valence-electron chi connectivity index (χ2n) is 5.18. The molecule has 2 aromatic carbocycles. The van der Waals surface area contributed by atoms with Crippen LogP contribution < -0.4 is 4.74 Å². The van der Waals surface area contributed by atoms with Gasteiger partial charge in [-0.15, -0.1) is 0 Å². The maximum Gasteiger partial charge on any atom is 0.123 e. The molecule has 0 amide bonds. The molecule has 102 valence electrons. The molecule has 0 bridgehead atoms. The Morgan fingerprint density at radius 2 is 2.00 bits per heavy atom. The highest BCUT2D eigenvalue weighted by atomic mass is 16.5. The highest BCUT2D eigenvalue weighted by Crippen LogP contribution is 2.36. The van der Waals surface area contributed by atoms with E-state index in [2.05, 4.69) is 31.2 Å². The van der Waals surface area contributed by atoms with E-state index in [0.717, 1.165) is 28.9 Å². The van der Waals surface area contributed by atoms with Crippen LogP contribution in [-0.2, 0) is 6.42 Å². The minimum Gasteiger partial charge on any atom is -0.508 e. The van der Waals surface area contributed by atoms with Crippen LogP contribution in [0, 0.1) is 0 Å². The van der Waals surface area contributed by atoms with Gasteiger partial charge in [0.05, 0.1) is 6.61 Å². The molecule has 1 aliphatic heterocycles. The van der Waals surface area contributed by atoms with E-state index in [9.17, 15) is 5.11 Å². The SMILES string of the molecule is CC(/C=C\c1ccccc1)c1cc2c(cc1O)CCO2. The number of benzene rings is 2. The minimum absolute atomic E-state index is 0.143. The largest absolute Gasteiger partial charge is 0.508 e. The fourth-order valence-corrected chi connectivity index (χ4v) is 2.52. The fourth-order valence-electron chi connectivity index (χ4n) is 2.52. The molecule has 1 N–H and O–H groups in total. The summed E-state index contributed by atoms with van der Waals surface area (Å²) in [5.74, 6) is 1.42. The van der Waals surface area contributed by atoms with Gasteiger partial charge in [-0.3, -0.25) is 0 Å². The summed E-state index contributed by atoms with van der Waals surface area (Å²) < 4.78 is 5.57. The van der Waals surface area contributed by atoms with Crippen molar-refractivity contribution in [3.05, 3.63) is 65.2 Å². The Morgan fingerprint density at radius 1 is 1.20 bits per heavy atom. The first kappa shape index (κ1) is 12.8. The Kier molecular flexibility index (Phi) is 3.46. The van der Waals surface area contributed by atoms with Crippen molar-refractivity contribution in [3.8, 4) is 11.5 Å². The van der Waals surface area contributed by atoms with Gasteiger partial charge in [-0.05, 0) is 17.7 Å². The van der Waals surface area contributed by atoms with Crippen LogP contribution >= 0.6 is 0 Å². The molecule has 20 heavy (non-hydrogen) atoms. The molecular formula is C18H18O2. The quantitative estimate of drug-likeness (QED) is 0.904. The molecule has 1 heterocycles. The molecule has 2 heteroatoms. The third-order valence-electron chi connectivity index (χ3n) is 3.71. The summed E-state index contributed by atoms with van der Waals surface area (Å²) in [7, 11) is 0. The third kappa shape index (κ3) is 2.55. The van der Waals surface area contributed by atoms with Gasteiger partial charge in [0, 0.05) is 23.5 Å². The van der Waals surface area contributed by atoms with Crippen molar-refractivity contribution >= 4 is 6.08 Å². The molecule has 0 aromatic heterocycles. The zero-order valence-corrected chi connectivity index (χ0v) is 11.5. The normalized spacial score (nSPS) is 15.1. The lowest BCUT2D eigenvalue weighted by Crippen LogP contribution is -1.92. The first-order valence-electron chi connectivity index (χ1n) is 6.96. The second-order valence-corrected chi connectivity index (χ2v) is 5.18. The lowest BCUT2D eigenvalue weighted by atomic mass is 9.96. The van der Waals surface area contributed by atoms with Crippen molar-refractivity contribution in [2.75, 3.05) is 6.61 Å². The van der Waals surface area contributed by atoms with E-state index in [4.69, 9.17) is 4.74 Å². The van der Waals surface area contributed by atoms with Gasteiger partial charge in [-0.25, -0.2) is 0 Å². The van der Waals surface area contributed by atoms with Crippen molar-refractivity contribution < 1.29 is 9.84 Å². The van der Waals surface area contributed by atoms with Crippen LogP contribution in [0.4, 0.5) is 0 Å². The van der Waals surface area contributed by atoms with E-state index in [0.29, 0.717) is 12.4 Å². The van der Waals surface area contributed by atoms with E-state index < -0.39 is 0 Å². The standard InChI is InChI=1S/C18H18O2/c1-13(7-8-14-5-3-2-4-6-14)16-12-18-15(9-10-20-18)11-17(16)19/h2-8,11-13,19H,9-10H2,1H3/b8-7-. The molecule has 1 unspecified atom stereocenters. The molecule has 0 radical (unpaired) electrons. The van der Waals surface area contributed by atoms with Gasteiger partial charge in [0.2, 0.25) is 0 Å². The van der Waals surface area contributed by atoms with Crippen molar-refractivity contribution in [3.63, 3.8) is 0 Å². The lowest BCUT2D eigenvalue weighted by Gasteiger charge is -2.11. The number of hydrogen-bond donors (Lipinski definition) is 1. The Balaban J connectivity index is 1.84. The number of phenols is 1. The highest BCUT2D eigenvalue weighted by Gasteiger charge is 2.17. The first-order chi connectivity index (χ1) is 9.74. The Hall–Kier alpha value is -2.22. The molecular weight excluding hydrogens is 248 g/mol. The van der Waals surface area contributed by atoms with Gasteiger partial charge in [-0.2, -0.15) is 0 Å². The number of aromatic hydroxyl groups is 1. The van der Waals surface area contributed by atoms with Crippen LogP contribution in [0.1, 0.15) is 29.5 Å². The molecule has 0 fully saturated rings. The second kappa shape index (κ2) is 5.41. The smallest absolute Gasteiger partial charge is 0.123 e. The molecule has 0 saturated heterocycles. The van der Waals surface area contributed by atoms with Gasteiger partial charge in [0.25, 0.3) is 0 Å². The Bertz CT molecular complexity index is 629. The number of phenolic OH excluding ortho intramolecular Hbond substituents is 1. The lowest BCUT2D eigenvalue weighted by molar-refractivity contribution is 0.356. The van der Waals surface area contributed by atoms with E-state index in [-0.39, 0.29) is 5.92 Å². The minimum atomic E-state index is 0.143. The van der Waals surface area contributed by atoms with Crippen LogP contribution in [0.2, 0.25) is 0 Å². The maximum absolute atomic E-state index is 10.2. The van der Waals surface area contributed by atoms with Crippen molar-refractivity contribution in [2.45, 2.75) is 19.3 Å². The predicted octanol–water partition coefficient (Wildman–Crippen LogP) is 4.14. The monoisotopic (exact) mass is 266 g/mol. The molecule has 1 aliphatic rings. The van der Waals surface area contributed by atoms with Crippen molar-refractivity contribution in [1.29, 1.82) is 0 Å². The van der Waals surface area contributed by atoms with Gasteiger partial charge < -0.3 is 9.84 Å². The fraction of sp³-hybridized carbons (Fsp3) is 0.222. The number of ether oxygens (including phenoxy) is 1. The van der Waals surface area contributed by atoms with Crippen LogP contribution in [0.3, 0.4) is 0 Å². The Morgan fingerprint density at radius 3 is 2.80 bits per heavy atom. The maximum atomic E-state index is 10.2. The average molecular weight is 266 g/mol. The first-order valence-corrected chi connectivity index (χ1v) is 6.96. The van der Waals surface area contributed by atoms with Gasteiger partial charge in [0.1, 0.15) is 11.5 Å². The number of hydrogen-bond acceptors (Lipinski definition) is 2. The summed E-state index contributed by atoms with van der Waals surface area (Å²) >= 11 is 0. The van der Waals surface area contributed by atoms with E-state index in [1.807, 2.05) is 30.3 Å². The van der Waals surface area contributed by atoms with Crippen LogP contribution in [0.5, 0.6) is 11.5 Å². The van der Waals surface area contributed by atoms with E-state index >= 15 is 0 Å². The molecule has 2 nitrogen and oxygen atoms in total. The molecule has 0 spiro atoms. The third-order valence-corrected chi connectivity index (χ3v) is 3.71. The zero-order chi connectivity index (χ0) is 13.9. The average Bonchev–Trinajstić information content (AvgIpc) is 2.92. The summed E-state index contributed by atoms with van der Waals surface area (Å²) in [6, 6.07) is 14.0. The topological polar surface area (TPSA) is 29.5 Å². The van der Waals surface area contributed by atoms with Gasteiger partial charge in [0.15, 0.2) is 0 Å².